The predicted molar refractivity (Wildman–Crippen MR) is 82.3 cm³/mol. The third-order valence-corrected chi connectivity index (χ3v) is 3.73. The van der Waals surface area contributed by atoms with Crippen LogP contribution < -0.4 is 0 Å². The summed E-state index contributed by atoms with van der Waals surface area (Å²) in [6, 6.07) is 10.2. The van der Waals surface area contributed by atoms with Crippen molar-refractivity contribution in [2.45, 2.75) is 26.3 Å². The van der Waals surface area contributed by atoms with E-state index in [9.17, 15) is 4.79 Å². The zero-order valence-electron chi connectivity index (χ0n) is 12.3. The first kappa shape index (κ1) is 14.8. The molecule has 0 radical (unpaired) electrons. The van der Waals surface area contributed by atoms with Crippen LogP contribution in [0.4, 0.5) is 0 Å². The van der Waals surface area contributed by atoms with Gasteiger partial charge >= 0.3 is 0 Å². The molecule has 2 rings (SSSR count). The molecule has 0 unspecified atom stereocenters. The summed E-state index contributed by atoms with van der Waals surface area (Å²) in [7, 11) is 0. The molecule has 0 atom stereocenters. The maximum Gasteiger partial charge on any atom is 0.224 e. The molecule has 108 valence electrons. The minimum atomic E-state index is 0.255. The lowest BCUT2D eigenvalue weighted by molar-refractivity contribution is -0.131. The topological polar surface area (TPSA) is 23.6 Å². The number of benzene rings is 1. The lowest BCUT2D eigenvalue weighted by Gasteiger charge is -2.25. The van der Waals surface area contributed by atoms with Crippen molar-refractivity contribution in [2.24, 2.45) is 0 Å². The normalized spacial score (nSPS) is 15.2. The van der Waals surface area contributed by atoms with Crippen molar-refractivity contribution in [1.29, 1.82) is 0 Å². The summed E-state index contributed by atoms with van der Waals surface area (Å²) < 4.78 is 0. The Hall–Kier alpha value is -1.61. The summed E-state index contributed by atoms with van der Waals surface area (Å²) >= 11 is 0. The number of hydrogen-bond donors (Lipinski definition) is 0. The van der Waals surface area contributed by atoms with Gasteiger partial charge in [-0.25, -0.2) is 0 Å². The lowest BCUT2D eigenvalue weighted by Crippen LogP contribution is -2.35. The van der Waals surface area contributed by atoms with E-state index in [0.29, 0.717) is 6.42 Å². The molecule has 0 fully saturated rings. The van der Waals surface area contributed by atoms with E-state index in [1.165, 1.54) is 5.56 Å². The van der Waals surface area contributed by atoms with Crippen molar-refractivity contribution >= 4 is 5.91 Å². The van der Waals surface area contributed by atoms with Gasteiger partial charge in [0.2, 0.25) is 5.91 Å². The van der Waals surface area contributed by atoms with Crippen LogP contribution in [0.15, 0.2) is 42.5 Å². The molecule has 1 aromatic carbocycles. The molecule has 3 heteroatoms. The highest BCUT2D eigenvalue weighted by Gasteiger charge is 2.14. The molecule has 1 aliphatic rings. The summed E-state index contributed by atoms with van der Waals surface area (Å²) in [5.74, 6) is 0.255. The van der Waals surface area contributed by atoms with Gasteiger partial charge in [0.15, 0.2) is 0 Å². The molecule has 1 heterocycles. The van der Waals surface area contributed by atoms with E-state index in [1.807, 2.05) is 30.0 Å². The van der Waals surface area contributed by atoms with Crippen LogP contribution in [0.3, 0.4) is 0 Å². The smallest absolute Gasteiger partial charge is 0.224 e. The van der Waals surface area contributed by atoms with Crippen molar-refractivity contribution in [2.75, 3.05) is 26.2 Å². The van der Waals surface area contributed by atoms with Crippen molar-refractivity contribution in [3.63, 3.8) is 0 Å². The SMILES string of the molecule is CCN(Cc1ccccc1)C(=O)CCN1CC=CCC1. The molecule has 0 aliphatic carbocycles. The summed E-state index contributed by atoms with van der Waals surface area (Å²) in [5.41, 5.74) is 1.20. The van der Waals surface area contributed by atoms with Crippen LogP contribution in [0.25, 0.3) is 0 Å². The molecule has 0 saturated carbocycles. The second-order valence-corrected chi connectivity index (χ2v) is 5.20. The Labute approximate surface area is 121 Å². The van der Waals surface area contributed by atoms with Crippen LogP contribution in [0.5, 0.6) is 0 Å². The van der Waals surface area contributed by atoms with E-state index < -0.39 is 0 Å². The molecule has 0 spiro atoms. The molecular weight excluding hydrogens is 248 g/mol. The summed E-state index contributed by atoms with van der Waals surface area (Å²) in [6.45, 7) is 6.47. The first-order valence-electron chi connectivity index (χ1n) is 7.48. The first-order valence-corrected chi connectivity index (χ1v) is 7.48. The quantitative estimate of drug-likeness (QED) is 0.743. The summed E-state index contributed by atoms with van der Waals surface area (Å²) in [5, 5.41) is 0. The van der Waals surface area contributed by atoms with E-state index in [2.05, 4.69) is 29.2 Å². The van der Waals surface area contributed by atoms with Crippen LogP contribution in [0, 0.1) is 0 Å². The maximum absolute atomic E-state index is 12.3. The summed E-state index contributed by atoms with van der Waals surface area (Å²) in [4.78, 5) is 16.6. The fourth-order valence-corrected chi connectivity index (χ4v) is 2.48. The van der Waals surface area contributed by atoms with Crippen molar-refractivity contribution in [1.82, 2.24) is 9.80 Å². The fraction of sp³-hybridized carbons (Fsp3) is 0.471. The highest BCUT2D eigenvalue weighted by Crippen LogP contribution is 2.07. The second-order valence-electron chi connectivity index (χ2n) is 5.20. The average Bonchev–Trinajstić information content (AvgIpc) is 2.52. The van der Waals surface area contributed by atoms with Gasteiger partial charge in [-0.1, -0.05) is 42.5 Å². The third kappa shape index (κ3) is 4.49. The third-order valence-electron chi connectivity index (χ3n) is 3.73. The van der Waals surface area contributed by atoms with Gasteiger partial charge < -0.3 is 4.90 Å². The number of nitrogens with zero attached hydrogens (tertiary/aromatic N) is 2. The second kappa shape index (κ2) is 7.85. The maximum atomic E-state index is 12.3. The minimum Gasteiger partial charge on any atom is -0.339 e. The Morgan fingerprint density at radius 3 is 2.70 bits per heavy atom. The van der Waals surface area contributed by atoms with Crippen LogP contribution in [0.2, 0.25) is 0 Å². The standard InChI is InChI=1S/C17H24N2O/c1-2-19(15-16-9-5-3-6-10-16)17(20)11-14-18-12-7-4-8-13-18/h3-7,9-10H,2,8,11-15H2,1H3. The first-order chi connectivity index (χ1) is 9.79. The largest absolute Gasteiger partial charge is 0.339 e. The van der Waals surface area contributed by atoms with Gasteiger partial charge in [0.05, 0.1) is 0 Å². The number of carbonyl (C=O) groups is 1. The number of hydrogen-bond acceptors (Lipinski definition) is 2. The molecule has 1 aliphatic heterocycles. The Balaban J connectivity index is 1.81. The molecule has 20 heavy (non-hydrogen) atoms. The average molecular weight is 272 g/mol. The Morgan fingerprint density at radius 1 is 1.25 bits per heavy atom. The number of amides is 1. The Bertz CT molecular complexity index is 442. The number of carbonyl (C=O) groups excluding carboxylic acids is 1. The van der Waals surface area contributed by atoms with Crippen LogP contribution in [0.1, 0.15) is 25.3 Å². The van der Waals surface area contributed by atoms with Gasteiger partial charge in [-0.05, 0) is 18.9 Å². The van der Waals surface area contributed by atoms with Gasteiger partial charge in [-0.2, -0.15) is 0 Å². The van der Waals surface area contributed by atoms with E-state index in [0.717, 1.165) is 39.1 Å². The van der Waals surface area contributed by atoms with Crippen LogP contribution >= 0.6 is 0 Å². The van der Waals surface area contributed by atoms with E-state index in [4.69, 9.17) is 0 Å². The van der Waals surface area contributed by atoms with Gasteiger partial charge in [-0.15, -0.1) is 0 Å². The molecule has 1 aromatic rings. The molecule has 0 N–H and O–H groups in total. The van der Waals surface area contributed by atoms with E-state index in [-0.39, 0.29) is 5.91 Å². The fourth-order valence-electron chi connectivity index (χ4n) is 2.48. The molecule has 3 nitrogen and oxygen atoms in total. The van der Waals surface area contributed by atoms with Gasteiger partial charge in [0, 0.05) is 39.1 Å². The molecule has 0 aromatic heterocycles. The highest BCUT2D eigenvalue weighted by molar-refractivity contribution is 5.76. The van der Waals surface area contributed by atoms with Gasteiger partial charge in [-0.3, -0.25) is 9.69 Å². The monoisotopic (exact) mass is 272 g/mol. The lowest BCUT2D eigenvalue weighted by atomic mass is 10.2. The van der Waals surface area contributed by atoms with E-state index >= 15 is 0 Å². The van der Waals surface area contributed by atoms with Gasteiger partial charge in [0.25, 0.3) is 0 Å². The van der Waals surface area contributed by atoms with Crippen LogP contribution in [-0.4, -0.2) is 41.9 Å². The zero-order chi connectivity index (χ0) is 14.2. The minimum absolute atomic E-state index is 0.255. The van der Waals surface area contributed by atoms with Gasteiger partial charge in [0.1, 0.15) is 0 Å². The molecule has 1 amide bonds. The predicted octanol–water partition coefficient (Wildman–Crippen LogP) is 2.69. The van der Waals surface area contributed by atoms with Crippen molar-refractivity contribution in [3.8, 4) is 0 Å². The van der Waals surface area contributed by atoms with Crippen LogP contribution in [-0.2, 0) is 11.3 Å². The number of rotatable bonds is 6. The molecular formula is C17H24N2O. The van der Waals surface area contributed by atoms with Crippen molar-refractivity contribution < 1.29 is 4.79 Å². The van der Waals surface area contributed by atoms with E-state index in [1.54, 1.807) is 0 Å². The highest BCUT2D eigenvalue weighted by atomic mass is 16.2. The Morgan fingerprint density at radius 2 is 2.05 bits per heavy atom. The molecule has 0 bridgehead atoms. The molecule has 0 saturated heterocycles. The summed E-state index contributed by atoms with van der Waals surface area (Å²) in [6.07, 6.45) is 6.13. The Kier molecular flexibility index (Phi) is 5.81. The zero-order valence-corrected chi connectivity index (χ0v) is 12.3. The van der Waals surface area contributed by atoms with Crippen molar-refractivity contribution in [3.05, 3.63) is 48.0 Å².